The topological polar surface area (TPSA) is 43.8 Å². The molecule has 0 aliphatic carbocycles. The Morgan fingerprint density at radius 1 is 1.42 bits per heavy atom. The molecule has 0 bridgehead atoms. The van der Waals surface area contributed by atoms with Gasteiger partial charge in [0.2, 0.25) is 5.91 Å². The van der Waals surface area contributed by atoms with Gasteiger partial charge in [0.05, 0.1) is 6.10 Å². The third-order valence-electron chi connectivity index (χ3n) is 3.63. The van der Waals surface area contributed by atoms with E-state index < -0.39 is 0 Å². The van der Waals surface area contributed by atoms with Gasteiger partial charge in [-0.2, -0.15) is 0 Å². The summed E-state index contributed by atoms with van der Waals surface area (Å²) in [6, 6.07) is 7.98. The smallest absolute Gasteiger partial charge is 0.222 e. The van der Waals surface area contributed by atoms with E-state index in [2.05, 4.69) is 4.90 Å². The standard InChI is InChI=1S/C15H22N2O2/c1-16(2)15(19)8-5-10-17-11-9-14(18)12-6-3-4-7-13(12)17/h3-4,6-7,14,18H,5,8-11H2,1-2H3. The Hall–Kier alpha value is -1.55. The molecule has 0 fully saturated rings. The van der Waals surface area contributed by atoms with Crippen LogP contribution in [0.5, 0.6) is 0 Å². The molecular formula is C15H22N2O2. The van der Waals surface area contributed by atoms with Crippen molar-refractivity contribution in [2.75, 3.05) is 32.1 Å². The lowest BCUT2D eigenvalue weighted by Gasteiger charge is -2.33. The van der Waals surface area contributed by atoms with Crippen LogP contribution >= 0.6 is 0 Å². The van der Waals surface area contributed by atoms with Crippen LogP contribution in [0.15, 0.2) is 24.3 Å². The summed E-state index contributed by atoms with van der Waals surface area (Å²) in [5, 5.41) is 9.98. The Labute approximate surface area is 114 Å². The number of fused-ring (bicyclic) bond motifs is 1. The van der Waals surface area contributed by atoms with E-state index in [-0.39, 0.29) is 12.0 Å². The van der Waals surface area contributed by atoms with Crippen molar-refractivity contribution in [1.82, 2.24) is 4.90 Å². The lowest BCUT2D eigenvalue weighted by Crippen LogP contribution is -2.32. The van der Waals surface area contributed by atoms with Crippen LogP contribution in [-0.4, -0.2) is 43.1 Å². The maximum atomic E-state index is 11.5. The molecule has 1 unspecified atom stereocenters. The zero-order valence-corrected chi connectivity index (χ0v) is 11.7. The Kier molecular flexibility index (Phi) is 4.43. The van der Waals surface area contributed by atoms with E-state index in [1.807, 2.05) is 24.3 Å². The fraction of sp³-hybridized carbons (Fsp3) is 0.533. The predicted octanol–water partition coefficient (Wildman–Crippen LogP) is 1.80. The molecule has 104 valence electrons. The molecule has 4 heteroatoms. The zero-order chi connectivity index (χ0) is 13.8. The first-order chi connectivity index (χ1) is 9.09. The van der Waals surface area contributed by atoms with Gasteiger partial charge in [-0.05, 0) is 18.9 Å². The SMILES string of the molecule is CN(C)C(=O)CCCN1CCC(O)c2ccccc21. The maximum absolute atomic E-state index is 11.5. The van der Waals surface area contributed by atoms with Crippen molar-refractivity contribution in [3.05, 3.63) is 29.8 Å². The molecule has 1 aromatic rings. The number of carbonyl (C=O) groups excluding carboxylic acids is 1. The molecule has 1 aromatic carbocycles. The fourth-order valence-electron chi connectivity index (χ4n) is 2.49. The summed E-state index contributed by atoms with van der Waals surface area (Å²) in [6.07, 6.45) is 1.84. The van der Waals surface area contributed by atoms with Crippen LogP contribution in [0.3, 0.4) is 0 Å². The predicted molar refractivity (Wildman–Crippen MR) is 76.2 cm³/mol. The van der Waals surface area contributed by atoms with Crippen LogP contribution in [0.25, 0.3) is 0 Å². The number of aliphatic hydroxyl groups excluding tert-OH is 1. The van der Waals surface area contributed by atoms with Crippen molar-refractivity contribution in [1.29, 1.82) is 0 Å². The molecule has 1 aliphatic rings. The van der Waals surface area contributed by atoms with Crippen LogP contribution in [0.2, 0.25) is 0 Å². The molecule has 0 radical (unpaired) electrons. The molecule has 1 amide bonds. The van der Waals surface area contributed by atoms with E-state index in [1.165, 1.54) is 0 Å². The highest BCUT2D eigenvalue weighted by Gasteiger charge is 2.22. The van der Waals surface area contributed by atoms with Crippen molar-refractivity contribution in [2.24, 2.45) is 0 Å². The van der Waals surface area contributed by atoms with Gasteiger partial charge in [0.1, 0.15) is 0 Å². The summed E-state index contributed by atoms with van der Waals surface area (Å²) in [4.78, 5) is 15.5. The van der Waals surface area contributed by atoms with Crippen molar-refractivity contribution in [3.63, 3.8) is 0 Å². The average Bonchev–Trinajstić information content (AvgIpc) is 2.41. The van der Waals surface area contributed by atoms with Gasteiger partial charge in [0, 0.05) is 44.9 Å². The number of nitrogens with zero attached hydrogens (tertiary/aromatic N) is 2. The van der Waals surface area contributed by atoms with Gasteiger partial charge >= 0.3 is 0 Å². The number of hydrogen-bond acceptors (Lipinski definition) is 3. The van der Waals surface area contributed by atoms with Crippen LogP contribution in [0.4, 0.5) is 5.69 Å². The number of para-hydroxylation sites is 1. The third-order valence-corrected chi connectivity index (χ3v) is 3.63. The summed E-state index contributed by atoms with van der Waals surface area (Å²) in [7, 11) is 3.57. The van der Waals surface area contributed by atoms with E-state index in [9.17, 15) is 9.90 Å². The first kappa shape index (κ1) is 13.9. The minimum Gasteiger partial charge on any atom is -0.388 e. The van der Waals surface area contributed by atoms with Crippen molar-refractivity contribution in [2.45, 2.75) is 25.4 Å². The van der Waals surface area contributed by atoms with E-state index in [4.69, 9.17) is 0 Å². The molecule has 0 spiro atoms. The fourth-order valence-corrected chi connectivity index (χ4v) is 2.49. The van der Waals surface area contributed by atoms with Crippen molar-refractivity contribution < 1.29 is 9.90 Å². The van der Waals surface area contributed by atoms with Gasteiger partial charge in [0.15, 0.2) is 0 Å². The lowest BCUT2D eigenvalue weighted by molar-refractivity contribution is -0.128. The Bertz CT molecular complexity index is 446. The first-order valence-electron chi connectivity index (χ1n) is 6.81. The summed E-state index contributed by atoms with van der Waals surface area (Å²) in [6.45, 7) is 1.72. The highest BCUT2D eigenvalue weighted by Crippen LogP contribution is 2.33. The number of benzene rings is 1. The molecule has 19 heavy (non-hydrogen) atoms. The minimum atomic E-state index is -0.351. The van der Waals surface area contributed by atoms with Crippen molar-refractivity contribution >= 4 is 11.6 Å². The molecule has 0 saturated heterocycles. The van der Waals surface area contributed by atoms with Gasteiger partial charge in [0.25, 0.3) is 0 Å². The van der Waals surface area contributed by atoms with Crippen LogP contribution in [0, 0.1) is 0 Å². The van der Waals surface area contributed by atoms with E-state index in [0.717, 1.165) is 37.2 Å². The van der Waals surface area contributed by atoms with Gasteiger partial charge < -0.3 is 14.9 Å². The number of amides is 1. The van der Waals surface area contributed by atoms with Gasteiger partial charge in [-0.3, -0.25) is 4.79 Å². The van der Waals surface area contributed by atoms with Crippen LogP contribution in [-0.2, 0) is 4.79 Å². The quantitative estimate of drug-likeness (QED) is 0.900. The summed E-state index contributed by atoms with van der Waals surface area (Å²) < 4.78 is 0. The zero-order valence-electron chi connectivity index (χ0n) is 11.7. The maximum Gasteiger partial charge on any atom is 0.222 e. The summed E-state index contributed by atoms with van der Waals surface area (Å²) in [5.41, 5.74) is 2.12. The minimum absolute atomic E-state index is 0.172. The second kappa shape index (κ2) is 6.06. The third kappa shape index (κ3) is 3.26. The molecule has 0 aromatic heterocycles. The van der Waals surface area contributed by atoms with Gasteiger partial charge in [-0.25, -0.2) is 0 Å². The second-order valence-corrected chi connectivity index (χ2v) is 5.24. The van der Waals surface area contributed by atoms with E-state index >= 15 is 0 Å². The van der Waals surface area contributed by atoms with Gasteiger partial charge in [-0.1, -0.05) is 18.2 Å². The summed E-state index contributed by atoms with van der Waals surface area (Å²) in [5.74, 6) is 0.172. The monoisotopic (exact) mass is 262 g/mol. The van der Waals surface area contributed by atoms with E-state index in [1.54, 1.807) is 19.0 Å². The second-order valence-electron chi connectivity index (χ2n) is 5.24. The molecule has 1 N–H and O–H groups in total. The van der Waals surface area contributed by atoms with E-state index in [0.29, 0.717) is 6.42 Å². The molecule has 1 aliphatic heterocycles. The number of carbonyl (C=O) groups is 1. The Morgan fingerprint density at radius 2 is 2.16 bits per heavy atom. The Balaban J connectivity index is 1.95. The number of rotatable bonds is 4. The molecular weight excluding hydrogens is 240 g/mol. The van der Waals surface area contributed by atoms with Gasteiger partial charge in [-0.15, -0.1) is 0 Å². The number of anilines is 1. The highest BCUT2D eigenvalue weighted by molar-refractivity contribution is 5.75. The average molecular weight is 262 g/mol. The molecule has 2 rings (SSSR count). The lowest BCUT2D eigenvalue weighted by atomic mass is 9.98. The van der Waals surface area contributed by atoms with Crippen molar-refractivity contribution in [3.8, 4) is 0 Å². The first-order valence-corrected chi connectivity index (χ1v) is 6.81. The van der Waals surface area contributed by atoms with Crippen LogP contribution in [0.1, 0.15) is 30.9 Å². The number of aliphatic hydroxyl groups is 1. The molecule has 4 nitrogen and oxygen atoms in total. The number of hydrogen-bond donors (Lipinski definition) is 1. The Morgan fingerprint density at radius 3 is 2.89 bits per heavy atom. The highest BCUT2D eigenvalue weighted by atomic mass is 16.3. The normalized spacial score (nSPS) is 18.1. The molecule has 1 atom stereocenters. The van der Waals surface area contributed by atoms with Crippen LogP contribution < -0.4 is 4.90 Å². The largest absolute Gasteiger partial charge is 0.388 e. The summed E-state index contributed by atoms with van der Waals surface area (Å²) >= 11 is 0. The molecule has 0 saturated carbocycles. The molecule has 1 heterocycles.